The molecule has 0 spiro atoms. The second-order valence-electron chi connectivity index (χ2n) is 4.87. The second-order valence-corrected chi connectivity index (χ2v) is 4.87. The average molecular weight is 259 g/mol. The summed E-state index contributed by atoms with van der Waals surface area (Å²) in [5.41, 5.74) is 0. The van der Waals surface area contributed by atoms with Crippen LogP contribution in [0.4, 0.5) is 0 Å². The molecule has 1 unspecified atom stereocenters. The molecular weight excluding hydrogens is 234 g/mol. The molecule has 0 radical (unpaired) electrons. The van der Waals surface area contributed by atoms with Gasteiger partial charge in [0.15, 0.2) is 0 Å². The first-order chi connectivity index (χ1) is 8.47. The van der Waals surface area contributed by atoms with Crippen LogP contribution in [0.2, 0.25) is 0 Å². The first kappa shape index (κ1) is 16.9. The fourth-order valence-electron chi connectivity index (χ4n) is 1.54. The van der Waals surface area contributed by atoms with Gasteiger partial charge in [0.2, 0.25) is 5.91 Å². The van der Waals surface area contributed by atoms with Gasteiger partial charge in [0.25, 0.3) is 0 Å². The number of carbonyl (C=O) groups excluding carboxylic acids is 1. The summed E-state index contributed by atoms with van der Waals surface area (Å²) in [5, 5.41) is 11.6. The van der Waals surface area contributed by atoms with Gasteiger partial charge in [-0.3, -0.25) is 9.59 Å². The van der Waals surface area contributed by atoms with Crippen molar-refractivity contribution in [1.29, 1.82) is 0 Å². The van der Waals surface area contributed by atoms with Crippen molar-refractivity contribution < 1.29 is 19.4 Å². The fraction of sp³-hybridized carbons (Fsp3) is 0.846. The maximum Gasteiger partial charge on any atom is 0.308 e. The predicted molar refractivity (Wildman–Crippen MR) is 69.3 cm³/mol. The van der Waals surface area contributed by atoms with Gasteiger partial charge in [-0.1, -0.05) is 27.2 Å². The quantitative estimate of drug-likeness (QED) is 0.585. The van der Waals surface area contributed by atoms with Gasteiger partial charge in [-0.25, -0.2) is 0 Å². The van der Waals surface area contributed by atoms with Crippen LogP contribution in [0, 0.1) is 11.8 Å². The third-order valence-corrected chi connectivity index (χ3v) is 2.53. The molecule has 0 aromatic heterocycles. The first-order valence-corrected chi connectivity index (χ1v) is 6.54. The number of amides is 1. The second kappa shape index (κ2) is 9.88. The normalized spacial score (nSPS) is 12.4. The molecule has 0 fully saturated rings. The summed E-state index contributed by atoms with van der Waals surface area (Å²) in [6.07, 6.45) is 2.52. The molecule has 0 aromatic rings. The van der Waals surface area contributed by atoms with Gasteiger partial charge < -0.3 is 15.2 Å². The molecule has 18 heavy (non-hydrogen) atoms. The van der Waals surface area contributed by atoms with E-state index in [2.05, 4.69) is 5.32 Å². The van der Waals surface area contributed by atoms with E-state index in [0.29, 0.717) is 18.9 Å². The van der Waals surface area contributed by atoms with Crippen molar-refractivity contribution in [2.24, 2.45) is 11.8 Å². The molecular formula is C13H25NO4. The number of carboxylic acid groups (broad SMARTS) is 1. The lowest BCUT2D eigenvalue weighted by Crippen LogP contribution is -2.35. The molecule has 5 nitrogen and oxygen atoms in total. The van der Waals surface area contributed by atoms with Crippen molar-refractivity contribution in [3.05, 3.63) is 0 Å². The monoisotopic (exact) mass is 259 g/mol. The highest BCUT2D eigenvalue weighted by atomic mass is 16.5. The van der Waals surface area contributed by atoms with Crippen molar-refractivity contribution >= 4 is 11.9 Å². The Labute approximate surface area is 109 Å². The molecule has 0 aromatic carbocycles. The minimum Gasteiger partial charge on any atom is -0.481 e. The summed E-state index contributed by atoms with van der Waals surface area (Å²) < 4.78 is 5.15. The number of carbonyl (C=O) groups is 2. The van der Waals surface area contributed by atoms with Crippen molar-refractivity contribution in [2.75, 3.05) is 19.8 Å². The van der Waals surface area contributed by atoms with Crippen LogP contribution in [0.5, 0.6) is 0 Å². The average Bonchev–Trinajstić information content (AvgIpc) is 2.29. The smallest absolute Gasteiger partial charge is 0.308 e. The summed E-state index contributed by atoms with van der Waals surface area (Å²) >= 11 is 0. The third-order valence-electron chi connectivity index (χ3n) is 2.53. The first-order valence-electron chi connectivity index (χ1n) is 6.54. The van der Waals surface area contributed by atoms with Crippen molar-refractivity contribution in [1.82, 2.24) is 5.32 Å². The van der Waals surface area contributed by atoms with Gasteiger partial charge in [0.1, 0.15) is 6.61 Å². The molecule has 0 aliphatic heterocycles. The summed E-state index contributed by atoms with van der Waals surface area (Å²) in [5.74, 6) is -1.34. The zero-order valence-electron chi connectivity index (χ0n) is 11.6. The Morgan fingerprint density at radius 1 is 1.33 bits per heavy atom. The molecule has 0 bridgehead atoms. The Morgan fingerprint density at radius 2 is 2.00 bits per heavy atom. The molecule has 2 N–H and O–H groups in total. The largest absolute Gasteiger partial charge is 0.481 e. The van der Waals surface area contributed by atoms with E-state index in [1.807, 2.05) is 20.8 Å². The molecule has 0 saturated heterocycles. The standard InChI is InChI=1S/C13H25NO4/c1-4-5-6-18-9-12(15)14-8-11(13(16)17)7-10(2)3/h10-11H,4-9H2,1-3H3,(H,14,15)(H,16,17). The van der Waals surface area contributed by atoms with Crippen LogP contribution in [0.25, 0.3) is 0 Å². The Balaban J connectivity index is 3.82. The molecule has 0 aliphatic carbocycles. The number of aliphatic carboxylic acids is 1. The lowest BCUT2D eigenvalue weighted by molar-refractivity contribution is -0.142. The highest BCUT2D eigenvalue weighted by molar-refractivity contribution is 5.78. The van der Waals surface area contributed by atoms with Gasteiger partial charge in [0.05, 0.1) is 5.92 Å². The molecule has 0 heterocycles. The van der Waals surface area contributed by atoms with Crippen LogP contribution in [0.15, 0.2) is 0 Å². The van der Waals surface area contributed by atoms with E-state index in [1.54, 1.807) is 0 Å². The highest BCUT2D eigenvalue weighted by Crippen LogP contribution is 2.10. The van der Waals surface area contributed by atoms with Gasteiger partial charge in [-0.2, -0.15) is 0 Å². The zero-order valence-corrected chi connectivity index (χ0v) is 11.6. The molecule has 1 amide bonds. The number of nitrogens with one attached hydrogen (secondary N) is 1. The molecule has 5 heteroatoms. The molecule has 0 rings (SSSR count). The number of rotatable bonds is 10. The van der Waals surface area contributed by atoms with Crippen molar-refractivity contribution in [3.8, 4) is 0 Å². The Morgan fingerprint density at radius 3 is 2.50 bits per heavy atom. The number of ether oxygens (including phenoxy) is 1. The number of unbranched alkanes of at least 4 members (excludes halogenated alkanes) is 1. The number of carboxylic acids is 1. The fourth-order valence-corrected chi connectivity index (χ4v) is 1.54. The lowest BCUT2D eigenvalue weighted by Gasteiger charge is -2.15. The van der Waals surface area contributed by atoms with E-state index < -0.39 is 11.9 Å². The van der Waals surface area contributed by atoms with Crippen molar-refractivity contribution in [3.63, 3.8) is 0 Å². The van der Waals surface area contributed by atoms with E-state index in [4.69, 9.17) is 9.84 Å². The molecule has 0 aliphatic rings. The summed E-state index contributed by atoms with van der Waals surface area (Å²) in [6, 6.07) is 0. The zero-order chi connectivity index (χ0) is 14.0. The Bertz CT molecular complexity index is 253. The predicted octanol–water partition coefficient (Wildman–Crippen LogP) is 1.67. The lowest BCUT2D eigenvalue weighted by atomic mass is 9.97. The minimum absolute atomic E-state index is 0.00795. The van der Waals surface area contributed by atoms with Crippen LogP contribution in [0.1, 0.15) is 40.0 Å². The molecule has 106 valence electrons. The third kappa shape index (κ3) is 8.98. The molecule has 1 atom stereocenters. The van der Waals surface area contributed by atoms with E-state index in [-0.39, 0.29) is 19.1 Å². The molecule has 0 saturated carbocycles. The van der Waals surface area contributed by atoms with Crippen LogP contribution in [-0.2, 0) is 14.3 Å². The number of hydrogen-bond donors (Lipinski definition) is 2. The van der Waals surface area contributed by atoms with Crippen LogP contribution in [-0.4, -0.2) is 36.7 Å². The SMILES string of the molecule is CCCCOCC(=O)NCC(CC(C)C)C(=O)O. The highest BCUT2D eigenvalue weighted by Gasteiger charge is 2.19. The van der Waals surface area contributed by atoms with Gasteiger partial charge in [0, 0.05) is 13.2 Å². The topological polar surface area (TPSA) is 75.6 Å². The van der Waals surface area contributed by atoms with Crippen LogP contribution >= 0.6 is 0 Å². The van der Waals surface area contributed by atoms with E-state index >= 15 is 0 Å². The van der Waals surface area contributed by atoms with Gasteiger partial charge in [-0.15, -0.1) is 0 Å². The Kier molecular flexibility index (Phi) is 9.28. The minimum atomic E-state index is -0.865. The summed E-state index contributed by atoms with van der Waals surface area (Å²) in [4.78, 5) is 22.4. The van der Waals surface area contributed by atoms with Crippen molar-refractivity contribution in [2.45, 2.75) is 40.0 Å². The maximum atomic E-state index is 11.4. The van der Waals surface area contributed by atoms with E-state index in [9.17, 15) is 9.59 Å². The van der Waals surface area contributed by atoms with Crippen LogP contribution in [0.3, 0.4) is 0 Å². The van der Waals surface area contributed by atoms with Gasteiger partial charge >= 0.3 is 5.97 Å². The van der Waals surface area contributed by atoms with Crippen LogP contribution < -0.4 is 5.32 Å². The number of hydrogen-bond acceptors (Lipinski definition) is 3. The maximum absolute atomic E-state index is 11.4. The summed E-state index contributed by atoms with van der Waals surface area (Å²) in [6.45, 7) is 6.72. The van der Waals surface area contributed by atoms with E-state index in [1.165, 1.54) is 0 Å². The Hall–Kier alpha value is -1.10. The van der Waals surface area contributed by atoms with E-state index in [0.717, 1.165) is 12.8 Å². The van der Waals surface area contributed by atoms with Gasteiger partial charge in [-0.05, 0) is 18.8 Å². The summed E-state index contributed by atoms with van der Waals surface area (Å²) in [7, 11) is 0.